The molecular weight excluding hydrogens is 292 g/mol. The van der Waals surface area contributed by atoms with Gasteiger partial charge in [-0.25, -0.2) is 9.59 Å². The Hall–Kier alpha value is -0.390. The van der Waals surface area contributed by atoms with Crippen molar-refractivity contribution < 1.29 is 19.4 Å². The number of nitrogens with one attached hydrogen (secondary N) is 1. The van der Waals surface area contributed by atoms with Gasteiger partial charge in [0.05, 0.1) is 0 Å². The molecule has 0 heterocycles. The number of hydrogen-bond donors (Lipinski definition) is 2. The molecule has 0 aromatic carbocycles. The van der Waals surface area contributed by atoms with E-state index in [1.165, 1.54) is 0 Å². The number of rotatable bonds is 6. The Morgan fingerprint density at radius 2 is 2.00 bits per heavy atom. The van der Waals surface area contributed by atoms with Gasteiger partial charge in [0.25, 0.3) is 0 Å². The number of unbranched alkanes of at least 4 members (excludes halogenated alkanes) is 1. The first-order valence-corrected chi connectivity index (χ1v) is 6.12. The van der Waals surface area contributed by atoms with Gasteiger partial charge in [0.15, 0.2) is 0 Å². The van der Waals surface area contributed by atoms with E-state index in [1.807, 2.05) is 6.92 Å². The van der Waals surface area contributed by atoms with Crippen molar-refractivity contribution in [2.45, 2.75) is 36.0 Å². The molecule has 1 atom stereocenters. The second-order valence-corrected chi connectivity index (χ2v) is 5.88. The van der Waals surface area contributed by atoms with E-state index in [4.69, 9.17) is 39.9 Å². The van der Waals surface area contributed by atoms with Crippen LogP contribution in [0.25, 0.3) is 0 Å². The molecule has 5 nitrogen and oxygen atoms in total. The molecule has 0 saturated heterocycles. The maximum absolute atomic E-state index is 11.2. The number of halogens is 3. The number of alkyl carbamates (subject to hydrolysis) is 1. The summed E-state index contributed by atoms with van der Waals surface area (Å²) < 4.78 is 2.85. The minimum atomic E-state index is -1.71. The van der Waals surface area contributed by atoms with Gasteiger partial charge in [-0.05, 0) is 6.42 Å². The Bertz CT molecular complexity index is 267. The number of carbonyl (C=O) groups excluding carboxylic acids is 1. The van der Waals surface area contributed by atoms with Crippen LogP contribution >= 0.6 is 34.8 Å². The highest BCUT2D eigenvalue weighted by Crippen LogP contribution is 2.25. The molecule has 2 N–H and O–H groups in total. The van der Waals surface area contributed by atoms with Crippen molar-refractivity contribution in [2.24, 2.45) is 0 Å². The second-order valence-electron chi connectivity index (χ2n) is 3.37. The lowest BCUT2D eigenvalue weighted by Gasteiger charge is -2.16. The molecule has 0 aromatic rings. The van der Waals surface area contributed by atoms with Crippen LogP contribution in [0.2, 0.25) is 0 Å². The molecule has 8 heteroatoms. The number of hydrogen-bond acceptors (Lipinski definition) is 3. The molecule has 0 fully saturated rings. The van der Waals surface area contributed by atoms with Gasteiger partial charge in [-0.3, -0.25) is 0 Å². The quantitative estimate of drug-likeness (QED) is 0.740. The molecule has 0 aromatic heterocycles. The molecule has 0 radical (unpaired) electrons. The number of carboxylic acid groups (broad SMARTS) is 1. The van der Waals surface area contributed by atoms with Gasteiger partial charge in [0, 0.05) is 0 Å². The number of carboxylic acids is 1. The predicted octanol–water partition coefficient (Wildman–Crippen LogP) is 2.73. The van der Waals surface area contributed by atoms with E-state index in [2.05, 4.69) is 10.1 Å². The van der Waals surface area contributed by atoms with Gasteiger partial charge in [0.2, 0.25) is 3.79 Å². The lowest BCUT2D eigenvalue weighted by molar-refractivity contribution is -0.139. The van der Waals surface area contributed by atoms with Gasteiger partial charge in [-0.15, -0.1) is 0 Å². The molecule has 1 amide bonds. The fourth-order valence-electron chi connectivity index (χ4n) is 0.997. The summed E-state index contributed by atoms with van der Waals surface area (Å²) in [7, 11) is 0. The van der Waals surface area contributed by atoms with Crippen molar-refractivity contribution in [3.63, 3.8) is 0 Å². The molecule has 0 aliphatic carbocycles. The molecule has 0 spiro atoms. The fraction of sp³-hybridized carbons (Fsp3) is 0.778. The Morgan fingerprint density at radius 3 is 2.41 bits per heavy atom. The van der Waals surface area contributed by atoms with E-state index >= 15 is 0 Å². The average Bonchev–Trinajstić information content (AvgIpc) is 2.19. The third-order valence-electron chi connectivity index (χ3n) is 1.80. The Balaban J connectivity index is 4.08. The summed E-state index contributed by atoms with van der Waals surface area (Å²) in [4.78, 5) is 22.0. The van der Waals surface area contributed by atoms with Crippen molar-refractivity contribution in [1.29, 1.82) is 0 Å². The summed E-state index contributed by atoms with van der Waals surface area (Å²) in [5, 5.41) is 11.0. The maximum Gasteiger partial charge on any atom is 0.407 e. The van der Waals surface area contributed by atoms with Gasteiger partial charge < -0.3 is 15.2 Å². The lowest BCUT2D eigenvalue weighted by atomic mass is 10.1. The predicted molar refractivity (Wildman–Crippen MR) is 65.7 cm³/mol. The van der Waals surface area contributed by atoms with Crippen LogP contribution in [0.15, 0.2) is 0 Å². The second kappa shape index (κ2) is 7.84. The maximum atomic E-state index is 11.2. The van der Waals surface area contributed by atoms with Crippen LogP contribution in [0, 0.1) is 0 Å². The molecule has 0 aliphatic rings. The van der Waals surface area contributed by atoms with Crippen LogP contribution in [0.4, 0.5) is 4.79 Å². The average molecular weight is 307 g/mol. The molecule has 0 aliphatic heterocycles. The minimum absolute atomic E-state index is 0.328. The van der Waals surface area contributed by atoms with Crippen LogP contribution in [0.5, 0.6) is 0 Å². The van der Waals surface area contributed by atoms with E-state index in [0.29, 0.717) is 12.8 Å². The van der Waals surface area contributed by atoms with E-state index < -0.39 is 28.5 Å². The van der Waals surface area contributed by atoms with Gasteiger partial charge in [-0.1, -0.05) is 54.6 Å². The number of alkyl halides is 3. The van der Waals surface area contributed by atoms with E-state index in [1.54, 1.807) is 0 Å². The first-order chi connectivity index (χ1) is 7.76. The molecule has 0 bridgehead atoms. The van der Waals surface area contributed by atoms with Crippen molar-refractivity contribution in [3.05, 3.63) is 0 Å². The van der Waals surface area contributed by atoms with Crippen LogP contribution in [0.1, 0.15) is 26.2 Å². The van der Waals surface area contributed by atoms with Crippen molar-refractivity contribution in [1.82, 2.24) is 5.32 Å². The van der Waals surface area contributed by atoms with Crippen LogP contribution in [0.3, 0.4) is 0 Å². The smallest absolute Gasteiger partial charge is 0.407 e. The standard InChI is InChI=1S/C9H14Cl3NO4/c1-2-3-4-6(7(14)15)13-8(16)17-5-9(10,11)12/h6H,2-5H2,1H3,(H,13,16)(H,14,15). The molecule has 100 valence electrons. The van der Waals surface area contributed by atoms with E-state index in [9.17, 15) is 9.59 Å². The highest BCUT2D eigenvalue weighted by atomic mass is 35.6. The summed E-state index contributed by atoms with van der Waals surface area (Å²) in [6.45, 7) is 1.48. The number of amides is 1. The molecule has 17 heavy (non-hydrogen) atoms. The van der Waals surface area contributed by atoms with Crippen LogP contribution < -0.4 is 5.32 Å². The van der Waals surface area contributed by atoms with Crippen LogP contribution in [-0.4, -0.2) is 33.6 Å². The number of ether oxygens (including phenoxy) is 1. The Kier molecular flexibility index (Phi) is 7.66. The summed E-state index contributed by atoms with van der Waals surface area (Å²) in [6.07, 6.45) is 0.922. The highest BCUT2D eigenvalue weighted by molar-refractivity contribution is 6.67. The monoisotopic (exact) mass is 305 g/mol. The topological polar surface area (TPSA) is 75.6 Å². The number of aliphatic carboxylic acids is 1. The van der Waals surface area contributed by atoms with Gasteiger partial charge in [0.1, 0.15) is 12.6 Å². The zero-order valence-corrected chi connectivity index (χ0v) is 11.5. The zero-order chi connectivity index (χ0) is 13.5. The minimum Gasteiger partial charge on any atom is -0.480 e. The largest absolute Gasteiger partial charge is 0.480 e. The Labute approximate surface area is 114 Å². The molecule has 0 saturated carbocycles. The SMILES string of the molecule is CCCCC(NC(=O)OCC(Cl)(Cl)Cl)C(=O)O. The summed E-state index contributed by atoms with van der Waals surface area (Å²) in [5.41, 5.74) is 0. The normalized spacial score (nSPS) is 12.9. The summed E-state index contributed by atoms with van der Waals surface area (Å²) >= 11 is 16.1. The fourth-order valence-corrected chi connectivity index (χ4v) is 1.16. The Morgan fingerprint density at radius 1 is 1.41 bits per heavy atom. The van der Waals surface area contributed by atoms with Crippen molar-refractivity contribution >= 4 is 46.9 Å². The summed E-state index contributed by atoms with van der Waals surface area (Å²) in [6, 6.07) is -0.988. The molecular formula is C9H14Cl3NO4. The molecule has 0 rings (SSSR count). The first kappa shape index (κ1) is 16.6. The number of carbonyl (C=O) groups is 2. The zero-order valence-electron chi connectivity index (χ0n) is 9.21. The third kappa shape index (κ3) is 9.32. The van der Waals surface area contributed by atoms with Crippen LogP contribution in [-0.2, 0) is 9.53 Å². The highest BCUT2D eigenvalue weighted by Gasteiger charge is 2.24. The first-order valence-electron chi connectivity index (χ1n) is 4.99. The van der Waals surface area contributed by atoms with Crippen molar-refractivity contribution in [3.8, 4) is 0 Å². The van der Waals surface area contributed by atoms with E-state index in [0.717, 1.165) is 6.42 Å². The lowest BCUT2D eigenvalue weighted by Crippen LogP contribution is -2.41. The van der Waals surface area contributed by atoms with Gasteiger partial charge >= 0.3 is 12.1 Å². The molecule has 1 unspecified atom stereocenters. The van der Waals surface area contributed by atoms with Gasteiger partial charge in [-0.2, -0.15) is 0 Å². The third-order valence-corrected chi connectivity index (χ3v) is 2.13. The van der Waals surface area contributed by atoms with Crippen molar-refractivity contribution in [2.75, 3.05) is 6.61 Å². The van der Waals surface area contributed by atoms with E-state index in [-0.39, 0.29) is 0 Å². The summed E-state index contributed by atoms with van der Waals surface area (Å²) in [5.74, 6) is -1.12.